The predicted octanol–water partition coefficient (Wildman–Crippen LogP) is 4.87. The highest BCUT2D eigenvalue weighted by atomic mass is 16.2. The van der Waals surface area contributed by atoms with Crippen LogP contribution in [0.4, 0.5) is 9.59 Å². The van der Waals surface area contributed by atoms with E-state index >= 15 is 0 Å². The standard InChI is InChI=1S/C26H24N4O2/c1-29-15-19-13-11-17-7-3-5-9-21(17)23(19)24-20(14-12-18-8-4-6-10-22(18)24)16-30(2)26(32)28-27-25(29)31/h3-14H,15-16H2,1-2H3,(H,27,31)(H,28,32). The monoisotopic (exact) mass is 424 g/mol. The third kappa shape index (κ3) is 3.39. The molecule has 160 valence electrons. The molecule has 0 unspecified atom stereocenters. The van der Waals surface area contributed by atoms with Crippen LogP contribution in [0.2, 0.25) is 0 Å². The maximum Gasteiger partial charge on any atom is 0.336 e. The van der Waals surface area contributed by atoms with Gasteiger partial charge in [0.25, 0.3) is 0 Å². The topological polar surface area (TPSA) is 64.7 Å². The highest BCUT2D eigenvalue weighted by molar-refractivity contribution is 6.08. The van der Waals surface area contributed by atoms with Crippen molar-refractivity contribution in [1.29, 1.82) is 0 Å². The summed E-state index contributed by atoms with van der Waals surface area (Å²) >= 11 is 0. The van der Waals surface area contributed by atoms with Gasteiger partial charge in [-0.05, 0) is 43.8 Å². The van der Waals surface area contributed by atoms with Crippen molar-refractivity contribution >= 4 is 33.6 Å². The second kappa shape index (κ2) is 7.89. The number of nitrogens with zero attached hydrogens (tertiary/aromatic N) is 2. The van der Waals surface area contributed by atoms with Crippen molar-refractivity contribution in [2.75, 3.05) is 14.1 Å². The Morgan fingerprint density at radius 3 is 1.44 bits per heavy atom. The summed E-state index contributed by atoms with van der Waals surface area (Å²) in [6.07, 6.45) is 0. The van der Waals surface area contributed by atoms with Gasteiger partial charge in [0, 0.05) is 27.2 Å². The number of urea groups is 2. The molecule has 0 saturated heterocycles. The molecule has 0 atom stereocenters. The zero-order chi connectivity index (χ0) is 22.2. The van der Waals surface area contributed by atoms with Gasteiger partial charge in [0.2, 0.25) is 0 Å². The Morgan fingerprint density at radius 2 is 1.00 bits per heavy atom. The minimum absolute atomic E-state index is 0.371. The molecule has 0 aliphatic carbocycles. The first-order valence-electron chi connectivity index (χ1n) is 10.6. The second-order valence-electron chi connectivity index (χ2n) is 8.21. The van der Waals surface area contributed by atoms with E-state index in [9.17, 15) is 9.59 Å². The molecule has 4 aromatic carbocycles. The van der Waals surface area contributed by atoms with Crippen molar-refractivity contribution < 1.29 is 9.59 Å². The minimum Gasteiger partial charge on any atom is -0.322 e. The van der Waals surface area contributed by atoms with Gasteiger partial charge in [-0.3, -0.25) is 0 Å². The van der Waals surface area contributed by atoms with E-state index in [-0.39, 0.29) is 12.1 Å². The van der Waals surface area contributed by atoms with E-state index in [0.29, 0.717) is 13.1 Å². The van der Waals surface area contributed by atoms with Gasteiger partial charge in [-0.15, -0.1) is 0 Å². The number of hydrogen-bond donors (Lipinski definition) is 2. The Kier molecular flexibility index (Phi) is 4.90. The summed E-state index contributed by atoms with van der Waals surface area (Å²) in [6, 6.07) is 24.3. The maximum atomic E-state index is 12.6. The molecule has 0 spiro atoms. The molecule has 6 nitrogen and oxygen atoms in total. The van der Waals surface area contributed by atoms with Crippen LogP contribution in [-0.2, 0) is 13.1 Å². The first kappa shape index (κ1) is 19.9. The van der Waals surface area contributed by atoms with Crippen LogP contribution in [0.25, 0.3) is 32.7 Å². The van der Waals surface area contributed by atoms with E-state index in [1.54, 1.807) is 23.9 Å². The average molecular weight is 425 g/mol. The third-order valence-corrected chi connectivity index (χ3v) is 6.07. The summed E-state index contributed by atoms with van der Waals surface area (Å²) in [5, 5.41) is 4.52. The Labute approximate surface area is 186 Å². The molecule has 1 aliphatic rings. The zero-order valence-electron chi connectivity index (χ0n) is 18.1. The van der Waals surface area contributed by atoms with Crippen molar-refractivity contribution in [3.63, 3.8) is 0 Å². The number of hydrogen-bond acceptors (Lipinski definition) is 2. The van der Waals surface area contributed by atoms with E-state index in [1.807, 2.05) is 24.3 Å². The maximum absolute atomic E-state index is 12.6. The molecule has 32 heavy (non-hydrogen) atoms. The molecule has 6 heteroatoms. The van der Waals surface area contributed by atoms with Crippen LogP contribution in [0.3, 0.4) is 0 Å². The Bertz CT molecular complexity index is 1260. The lowest BCUT2D eigenvalue weighted by Gasteiger charge is -2.27. The van der Waals surface area contributed by atoms with E-state index in [2.05, 4.69) is 59.4 Å². The van der Waals surface area contributed by atoms with Crippen LogP contribution in [0.5, 0.6) is 0 Å². The first-order chi connectivity index (χ1) is 15.5. The smallest absolute Gasteiger partial charge is 0.322 e. The van der Waals surface area contributed by atoms with E-state index < -0.39 is 0 Å². The number of benzene rings is 4. The zero-order valence-corrected chi connectivity index (χ0v) is 18.1. The summed E-state index contributed by atoms with van der Waals surface area (Å²) in [5.41, 5.74) is 9.30. The molecule has 0 radical (unpaired) electrons. The summed E-state index contributed by atoms with van der Waals surface area (Å²) < 4.78 is 0. The van der Waals surface area contributed by atoms with E-state index in [4.69, 9.17) is 0 Å². The molecule has 0 fully saturated rings. The molecule has 4 amide bonds. The Hall–Kier alpha value is -4.06. The second-order valence-corrected chi connectivity index (χ2v) is 8.21. The number of fused-ring (bicyclic) bond motifs is 7. The van der Waals surface area contributed by atoms with Crippen LogP contribution in [-0.4, -0.2) is 36.0 Å². The lowest BCUT2D eigenvalue weighted by molar-refractivity contribution is 0.187. The number of amides is 4. The molecular weight excluding hydrogens is 400 g/mol. The SMILES string of the molecule is CN1Cc2ccc3ccccc3c2-c2c(ccc3ccccc23)CN(C)C(=O)NNC1=O. The van der Waals surface area contributed by atoms with Crippen molar-refractivity contribution in [2.24, 2.45) is 0 Å². The average Bonchev–Trinajstić information content (AvgIpc) is 2.81. The van der Waals surface area contributed by atoms with Gasteiger partial charge in [-0.25, -0.2) is 20.4 Å². The van der Waals surface area contributed by atoms with Gasteiger partial charge in [0.1, 0.15) is 0 Å². The summed E-state index contributed by atoms with van der Waals surface area (Å²) in [6.45, 7) is 0.806. The molecule has 1 aliphatic heterocycles. The summed E-state index contributed by atoms with van der Waals surface area (Å²) in [4.78, 5) is 28.3. The quantitative estimate of drug-likeness (QED) is 0.423. The van der Waals surface area contributed by atoms with E-state index in [1.165, 1.54) is 0 Å². The molecule has 1 heterocycles. The van der Waals surface area contributed by atoms with Gasteiger partial charge >= 0.3 is 12.1 Å². The molecular formula is C26H24N4O2. The van der Waals surface area contributed by atoms with Gasteiger partial charge in [-0.1, -0.05) is 72.8 Å². The van der Waals surface area contributed by atoms with Crippen molar-refractivity contribution in [3.05, 3.63) is 83.9 Å². The minimum atomic E-state index is -0.371. The third-order valence-electron chi connectivity index (χ3n) is 6.07. The highest BCUT2D eigenvalue weighted by Gasteiger charge is 2.22. The Balaban J connectivity index is 1.88. The van der Waals surface area contributed by atoms with Gasteiger partial charge in [0.15, 0.2) is 0 Å². The lowest BCUT2D eigenvalue weighted by Crippen LogP contribution is -2.51. The van der Waals surface area contributed by atoms with Crippen molar-refractivity contribution in [2.45, 2.75) is 13.1 Å². The van der Waals surface area contributed by atoms with E-state index in [0.717, 1.165) is 43.8 Å². The lowest BCUT2D eigenvalue weighted by atomic mass is 9.86. The number of carbonyl (C=O) groups excluding carboxylic acids is 2. The number of carbonyl (C=O) groups is 2. The number of rotatable bonds is 0. The normalized spacial score (nSPS) is 14.8. The van der Waals surface area contributed by atoms with Crippen molar-refractivity contribution in [1.82, 2.24) is 20.7 Å². The molecule has 4 aromatic rings. The number of nitrogens with one attached hydrogen (secondary N) is 2. The highest BCUT2D eigenvalue weighted by Crippen LogP contribution is 2.40. The fourth-order valence-corrected chi connectivity index (χ4v) is 4.44. The fourth-order valence-electron chi connectivity index (χ4n) is 4.44. The largest absolute Gasteiger partial charge is 0.336 e. The van der Waals surface area contributed by atoms with Gasteiger partial charge in [0.05, 0.1) is 0 Å². The molecule has 0 saturated carbocycles. The molecule has 5 rings (SSSR count). The van der Waals surface area contributed by atoms with Crippen LogP contribution < -0.4 is 10.9 Å². The van der Waals surface area contributed by atoms with Gasteiger partial charge < -0.3 is 9.80 Å². The van der Waals surface area contributed by atoms with Crippen LogP contribution in [0.1, 0.15) is 11.1 Å². The van der Waals surface area contributed by atoms with Crippen LogP contribution >= 0.6 is 0 Å². The Morgan fingerprint density at radius 1 is 0.594 bits per heavy atom. The predicted molar refractivity (Wildman–Crippen MR) is 127 cm³/mol. The number of hydrazine groups is 1. The van der Waals surface area contributed by atoms with Gasteiger partial charge in [-0.2, -0.15) is 0 Å². The molecule has 2 N–H and O–H groups in total. The molecule has 0 bridgehead atoms. The van der Waals surface area contributed by atoms with Crippen LogP contribution in [0, 0.1) is 0 Å². The molecule has 0 aromatic heterocycles. The summed E-state index contributed by atoms with van der Waals surface area (Å²) in [7, 11) is 3.44. The first-order valence-corrected chi connectivity index (χ1v) is 10.6. The fraction of sp³-hybridized carbons (Fsp3) is 0.154. The summed E-state index contributed by atoms with van der Waals surface area (Å²) in [5.74, 6) is 0. The van der Waals surface area contributed by atoms with Crippen LogP contribution in [0.15, 0.2) is 72.8 Å². The van der Waals surface area contributed by atoms with Crippen molar-refractivity contribution in [3.8, 4) is 11.1 Å².